The molecule has 0 radical (unpaired) electrons. The summed E-state index contributed by atoms with van der Waals surface area (Å²) in [5, 5.41) is 47.1. The molecule has 2 bridgehead atoms. The minimum absolute atomic E-state index is 0.0119. The third kappa shape index (κ3) is 3.84. The van der Waals surface area contributed by atoms with Crippen molar-refractivity contribution in [2.24, 2.45) is 28.4 Å². The molecule has 2 saturated carbocycles. The molecule has 0 aliphatic heterocycles. The molecule has 1 unspecified atom stereocenters. The Hall–Kier alpha value is -2.04. The van der Waals surface area contributed by atoms with E-state index >= 15 is 0 Å². The lowest BCUT2D eigenvalue weighted by molar-refractivity contribution is -0.225. The van der Waals surface area contributed by atoms with Crippen molar-refractivity contribution in [2.45, 2.75) is 116 Å². The standard InChI is InChI=1S/C31H47NO8/c1-8-10-11-12-21(34)40-30-14-19(5)28-13-18(4)23(39-24(36)17(3)9-2)31(28,38)22(35)20(16-33)15-29(32,26(28)37)25(30)27(30,6)7/h9,13,15,19,22-23,25-26,33,35,37-38H,8,10-12,14,16,32H2,1-7H3/b17-9-/t19-,22-,23+,25+,26?,28+,29-,30+,31+/m1/s1. The van der Waals surface area contributed by atoms with Gasteiger partial charge < -0.3 is 35.6 Å². The Bertz CT molecular complexity index is 1160. The normalized spacial score (nSPS) is 43.4. The van der Waals surface area contributed by atoms with Gasteiger partial charge in [0.1, 0.15) is 17.3 Å². The molecule has 0 aromatic carbocycles. The molecule has 224 valence electrons. The Morgan fingerprint density at radius 2 is 1.85 bits per heavy atom. The summed E-state index contributed by atoms with van der Waals surface area (Å²) in [4.78, 5) is 26.0. The number of nitrogens with two attached hydrogens (primary N) is 1. The molecular weight excluding hydrogens is 514 g/mol. The molecule has 0 heterocycles. The molecule has 40 heavy (non-hydrogen) atoms. The average molecular weight is 562 g/mol. The molecular formula is C31H47NO8. The number of esters is 2. The molecule has 9 atom stereocenters. The molecule has 1 spiro atoms. The second kappa shape index (κ2) is 10.1. The third-order valence-electron chi connectivity index (χ3n) is 10.7. The zero-order valence-corrected chi connectivity index (χ0v) is 24.9. The minimum Gasteiger partial charge on any atom is -0.458 e. The second-order valence-corrected chi connectivity index (χ2v) is 13.2. The van der Waals surface area contributed by atoms with Crippen molar-refractivity contribution < 1.29 is 39.5 Å². The van der Waals surface area contributed by atoms with Crippen LogP contribution in [0.3, 0.4) is 0 Å². The van der Waals surface area contributed by atoms with E-state index in [0.29, 0.717) is 17.6 Å². The molecule has 9 heteroatoms. The van der Waals surface area contributed by atoms with Crippen LogP contribution in [0.5, 0.6) is 0 Å². The van der Waals surface area contributed by atoms with Crippen molar-refractivity contribution in [1.82, 2.24) is 0 Å². The Labute approximate surface area is 237 Å². The number of hydrogen-bond acceptors (Lipinski definition) is 9. The number of unbranched alkanes of at least 4 members (excludes halogenated alkanes) is 2. The van der Waals surface area contributed by atoms with Gasteiger partial charge in [-0.3, -0.25) is 4.79 Å². The highest BCUT2D eigenvalue weighted by Gasteiger charge is 2.86. The van der Waals surface area contributed by atoms with E-state index in [4.69, 9.17) is 15.2 Å². The van der Waals surface area contributed by atoms with Gasteiger partial charge in [0.05, 0.1) is 23.7 Å². The Balaban J connectivity index is 1.90. The molecule has 4 aliphatic carbocycles. The lowest BCUT2D eigenvalue weighted by Gasteiger charge is -2.53. The molecule has 0 aromatic heterocycles. The molecule has 6 N–H and O–H groups in total. The summed E-state index contributed by atoms with van der Waals surface area (Å²) in [6, 6.07) is 0. The van der Waals surface area contributed by atoms with E-state index in [1.165, 1.54) is 6.08 Å². The number of aliphatic hydroxyl groups excluding tert-OH is 3. The first-order valence-corrected chi connectivity index (χ1v) is 14.5. The second-order valence-electron chi connectivity index (χ2n) is 13.2. The molecule has 2 fully saturated rings. The lowest BCUT2D eigenvalue weighted by atomic mass is 9.57. The van der Waals surface area contributed by atoms with Crippen molar-refractivity contribution in [2.75, 3.05) is 6.61 Å². The molecule has 4 aliphatic rings. The van der Waals surface area contributed by atoms with Gasteiger partial charge in [-0.1, -0.05) is 58.8 Å². The van der Waals surface area contributed by atoms with Crippen molar-refractivity contribution in [3.63, 3.8) is 0 Å². The van der Waals surface area contributed by atoms with Crippen LogP contribution in [-0.4, -0.2) is 74.0 Å². The summed E-state index contributed by atoms with van der Waals surface area (Å²) >= 11 is 0. The summed E-state index contributed by atoms with van der Waals surface area (Å²) in [6.45, 7) is 12.1. The highest BCUT2D eigenvalue weighted by Crippen LogP contribution is 2.76. The Kier molecular flexibility index (Phi) is 7.77. The average Bonchev–Trinajstić information content (AvgIpc) is 3.30. The quantitative estimate of drug-likeness (QED) is 0.130. The molecule has 0 saturated heterocycles. The number of carbonyl (C=O) groups is 2. The summed E-state index contributed by atoms with van der Waals surface area (Å²) in [5.74, 6) is -2.17. The van der Waals surface area contributed by atoms with Gasteiger partial charge in [-0.25, -0.2) is 4.79 Å². The minimum atomic E-state index is -2.26. The van der Waals surface area contributed by atoms with E-state index in [-0.39, 0.29) is 24.4 Å². The third-order valence-corrected chi connectivity index (χ3v) is 10.7. The van der Waals surface area contributed by atoms with Crippen LogP contribution >= 0.6 is 0 Å². The zero-order chi connectivity index (χ0) is 30.1. The van der Waals surface area contributed by atoms with Crippen LogP contribution in [0.25, 0.3) is 0 Å². The number of rotatable bonds is 8. The fourth-order valence-corrected chi connectivity index (χ4v) is 8.53. The van der Waals surface area contributed by atoms with Crippen molar-refractivity contribution in [3.05, 3.63) is 34.9 Å². The van der Waals surface area contributed by atoms with Gasteiger partial charge in [0.25, 0.3) is 0 Å². The molecule has 4 rings (SSSR count). The van der Waals surface area contributed by atoms with Gasteiger partial charge in [0.2, 0.25) is 0 Å². The maximum Gasteiger partial charge on any atom is 0.334 e. The van der Waals surface area contributed by atoms with Crippen molar-refractivity contribution in [1.29, 1.82) is 0 Å². The first-order valence-electron chi connectivity index (χ1n) is 14.5. The zero-order valence-electron chi connectivity index (χ0n) is 24.9. The number of aliphatic hydroxyl groups is 4. The predicted molar refractivity (Wildman–Crippen MR) is 149 cm³/mol. The smallest absolute Gasteiger partial charge is 0.334 e. The van der Waals surface area contributed by atoms with E-state index in [9.17, 15) is 30.0 Å². The Morgan fingerprint density at radius 3 is 2.42 bits per heavy atom. The maximum absolute atomic E-state index is 13.1. The van der Waals surface area contributed by atoms with Gasteiger partial charge >= 0.3 is 11.9 Å². The molecule has 0 aromatic rings. The van der Waals surface area contributed by atoms with E-state index in [2.05, 4.69) is 6.92 Å². The fraction of sp³-hybridized carbons (Fsp3) is 0.742. The summed E-state index contributed by atoms with van der Waals surface area (Å²) in [6.07, 6.45) is 3.30. The van der Waals surface area contributed by atoms with E-state index < -0.39 is 70.3 Å². The summed E-state index contributed by atoms with van der Waals surface area (Å²) in [5.41, 5.74) is 0.779. The van der Waals surface area contributed by atoms with Gasteiger partial charge in [-0.15, -0.1) is 0 Å². The maximum atomic E-state index is 13.1. The highest BCUT2D eigenvalue weighted by molar-refractivity contribution is 5.88. The SMILES string of the molecule is C/C=C(/C)C(=O)O[C@H]1C(C)=C[C@]23C(O)[C@@](N)(C=C(CO)[C@@H](O)[C@]12O)[C@@H]1C(C)(C)[C@]1(OC(=O)CCCCC)C[C@H]3C. The monoisotopic (exact) mass is 561 g/mol. The van der Waals surface area contributed by atoms with Gasteiger partial charge in [0, 0.05) is 23.3 Å². The summed E-state index contributed by atoms with van der Waals surface area (Å²) < 4.78 is 12.1. The number of allylic oxidation sites excluding steroid dienone is 1. The summed E-state index contributed by atoms with van der Waals surface area (Å²) in [7, 11) is 0. The van der Waals surface area contributed by atoms with Crippen LogP contribution in [0.15, 0.2) is 34.9 Å². The number of hydrogen-bond donors (Lipinski definition) is 5. The van der Waals surface area contributed by atoms with Gasteiger partial charge in [-0.05, 0) is 50.7 Å². The molecule has 9 nitrogen and oxygen atoms in total. The largest absolute Gasteiger partial charge is 0.458 e. The van der Waals surface area contributed by atoms with Crippen LogP contribution in [0.2, 0.25) is 0 Å². The van der Waals surface area contributed by atoms with E-state index in [0.717, 1.165) is 12.8 Å². The van der Waals surface area contributed by atoms with Crippen LogP contribution in [0.1, 0.15) is 80.6 Å². The fourth-order valence-electron chi connectivity index (χ4n) is 8.53. The lowest BCUT2D eigenvalue weighted by Crippen LogP contribution is -2.70. The van der Waals surface area contributed by atoms with Gasteiger partial charge in [0.15, 0.2) is 6.10 Å². The van der Waals surface area contributed by atoms with Crippen molar-refractivity contribution in [3.8, 4) is 0 Å². The van der Waals surface area contributed by atoms with Crippen LogP contribution in [0, 0.1) is 22.7 Å². The number of ether oxygens (including phenoxy) is 2. The van der Waals surface area contributed by atoms with Crippen LogP contribution in [-0.2, 0) is 19.1 Å². The van der Waals surface area contributed by atoms with Crippen LogP contribution < -0.4 is 5.73 Å². The number of carbonyl (C=O) groups excluding carboxylic acids is 2. The highest BCUT2D eigenvalue weighted by atomic mass is 16.6. The van der Waals surface area contributed by atoms with E-state index in [1.807, 2.05) is 20.8 Å². The number of fused-ring (bicyclic) bond motifs is 3. The van der Waals surface area contributed by atoms with Crippen LogP contribution in [0.4, 0.5) is 0 Å². The van der Waals surface area contributed by atoms with Crippen molar-refractivity contribution >= 4 is 11.9 Å². The van der Waals surface area contributed by atoms with Gasteiger partial charge in [-0.2, -0.15) is 0 Å². The first kappa shape index (κ1) is 30.9. The topological polar surface area (TPSA) is 160 Å². The molecule has 0 amide bonds. The Morgan fingerprint density at radius 1 is 1.20 bits per heavy atom. The predicted octanol–water partition coefficient (Wildman–Crippen LogP) is 2.45. The first-order chi connectivity index (χ1) is 18.6. The van der Waals surface area contributed by atoms with E-state index in [1.54, 1.807) is 32.9 Å².